The van der Waals surface area contributed by atoms with Crippen LogP contribution in [0.5, 0.6) is 0 Å². The summed E-state index contributed by atoms with van der Waals surface area (Å²) in [5, 5.41) is 0. The fourth-order valence-corrected chi connectivity index (χ4v) is 1.54. The van der Waals surface area contributed by atoms with E-state index in [1.165, 1.54) is 0 Å². The van der Waals surface area contributed by atoms with Gasteiger partial charge in [-0.1, -0.05) is 18.7 Å². The van der Waals surface area contributed by atoms with Crippen molar-refractivity contribution in [2.75, 3.05) is 0 Å². The SMILES string of the molecule is FC(F)CC1CC([B-](F)(F)F)C1. The zero-order valence-corrected chi connectivity index (χ0v) is 6.32. The molecule has 0 aromatic carbocycles. The standard InChI is InChI=1S/C6H9BF5/c8-6(9)3-4-1-5(2-4)7(10,11)12/h4-6H,1-3H2/q-1. The van der Waals surface area contributed by atoms with Gasteiger partial charge in [0.25, 0.3) is 0 Å². The van der Waals surface area contributed by atoms with Crippen molar-refractivity contribution in [3.8, 4) is 0 Å². The monoisotopic (exact) mass is 187 g/mol. The normalized spacial score (nSPS) is 30.5. The van der Waals surface area contributed by atoms with Gasteiger partial charge in [-0.15, -0.1) is 0 Å². The fourth-order valence-electron chi connectivity index (χ4n) is 1.54. The van der Waals surface area contributed by atoms with E-state index in [4.69, 9.17) is 0 Å². The zero-order valence-electron chi connectivity index (χ0n) is 6.32. The molecule has 72 valence electrons. The number of hydrogen-bond acceptors (Lipinski definition) is 0. The van der Waals surface area contributed by atoms with E-state index in [1.54, 1.807) is 0 Å². The summed E-state index contributed by atoms with van der Waals surface area (Å²) in [7, 11) is 0. The zero-order chi connectivity index (χ0) is 9.35. The molecule has 0 heterocycles. The molecule has 1 aliphatic rings. The van der Waals surface area contributed by atoms with Gasteiger partial charge >= 0.3 is 6.98 Å². The Hall–Kier alpha value is -0.285. The van der Waals surface area contributed by atoms with Gasteiger partial charge in [-0.05, 0) is 5.92 Å². The third-order valence-corrected chi connectivity index (χ3v) is 2.32. The van der Waals surface area contributed by atoms with E-state index in [0.717, 1.165) is 0 Å². The molecular formula is C6H9BF5-. The van der Waals surface area contributed by atoms with Crippen LogP contribution in [0.25, 0.3) is 0 Å². The van der Waals surface area contributed by atoms with Gasteiger partial charge in [0, 0.05) is 6.42 Å². The maximum atomic E-state index is 11.9. The molecule has 0 bridgehead atoms. The van der Waals surface area contributed by atoms with Crippen molar-refractivity contribution in [3.63, 3.8) is 0 Å². The molecule has 6 heteroatoms. The van der Waals surface area contributed by atoms with Crippen molar-refractivity contribution in [2.45, 2.75) is 31.5 Å². The number of hydrogen-bond donors (Lipinski definition) is 0. The number of halogens is 5. The minimum atomic E-state index is -4.78. The Bertz CT molecular complexity index is 149. The maximum absolute atomic E-state index is 11.9. The summed E-state index contributed by atoms with van der Waals surface area (Å²) in [6, 6.07) is 0. The van der Waals surface area contributed by atoms with Crippen molar-refractivity contribution in [1.29, 1.82) is 0 Å². The van der Waals surface area contributed by atoms with Crippen LogP contribution in [0.1, 0.15) is 19.3 Å². The highest BCUT2D eigenvalue weighted by Gasteiger charge is 2.43. The first-order valence-corrected chi connectivity index (χ1v) is 3.87. The van der Waals surface area contributed by atoms with Gasteiger partial charge in [0.1, 0.15) is 0 Å². The fraction of sp³-hybridized carbons (Fsp3) is 1.00. The van der Waals surface area contributed by atoms with Crippen molar-refractivity contribution in [3.05, 3.63) is 0 Å². The van der Waals surface area contributed by atoms with Gasteiger partial charge in [-0.25, -0.2) is 8.78 Å². The molecule has 0 radical (unpaired) electrons. The molecule has 0 unspecified atom stereocenters. The third-order valence-electron chi connectivity index (χ3n) is 2.32. The minimum absolute atomic E-state index is 0.0894. The second kappa shape index (κ2) is 3.22. The second-order valence-electron chi connectivity index (χ2n) is 3.35. The van der Waals surface area contributed by atoms with E-state index >= 15 is 0 Å². The smallest absolute Gasteiger partial charge is 0.449 e. The van der Waals surface area contributed by atoms with Gasteiger partial charge in [0.05, 0.1) is 0 Å². The molecule has 0 nitrogen and oxygen atoms in total. The molecule has 0 atom stereocenters. The van der Waals surface area contributed by atoms with Crippen LogP contribution in [-0.2, 0) is 0 Å². The van der Waals surface area contributed by atoms with Gasteiger partial charge in [0.2, 0.25) is 6.43 Å². The van der Waals surface area contributed by atoms with Crippen molar-refractivity contribution in [2.24, 2.45) is 5.92 Å². The molecule has 0 N–H and O–H groups in total. The van der Waals surface area contributed by atoms with Crippen LogP contribution in [0.3, 0.4) is 0 Å². The highest BCUT2D eigenvalue weighted by Crippen LogP contribution is 2.49. The average Bonchev–Trinajstić information content (AvgIpc) is 1.73. The molecule has 0 amide bonds. The molecule has 1 fully saturated rings. The second-order valence-corrected chi connectivity index (χ2v) is 3.35. The van der Waals surface area contributed by atoms with E-state index in [1.807, 2.05) is 0 Å². The summed E-state index contributed by atoms with van der Waals surface area (Å²) in [5.41, 5.74) is 0. The van der Waals surface area contributed by atoms with Crippen LogP contribution >= 0.6 is 0 Å². The summed E-state index contributed by atoms with van der Waals surface area (Å²) >= 11 is 0. The summed E-state index contributed by atoms with van der Waals surface area (Å²) in [5.74, 6) is -1.67. The van der Waals surface area contributed by atoms with Gasteiger partial charge in [-0.3, -0.25) is 0 Å². The Morgan fingerprint density at radius 2 is 1.67 bits per heavy atom. The molecule has 1 aliphatic carbocycles. The molecule has 0 aliphatic heterocycles. The lowest BCUT2D eigenvalue weighted by Gasteiger charge is -2.41. The lowest BCUT2D eigenvalue weighted by atomic mass is 9.56. The molecule has 1 saturated carbocycles. The number of rotatable bonds is 3. The Morgan fingerprint density at radius 3 is 2.00 bits per heavy atom. The highest BCUT2D eigenvalue weighted by atomic mass is 19.4. The van der Waals surface area contributed by atoms with E-state index in [0.29, 0.717) is 0 Å². The number of alkyl halides is 2. The van der Waals surface area contributed by atoms with Crippen LogP contribution in [0.2, 0.25) is 5.82 Å². The summed E-state index contributed by atoms with van der Waals surface area (Å²) in [4.78, 5) is 0. The summed E-state index contributed by atoms with van der Waals surface area (Å²) in [6.07, 6.45) is -3.01. The predicted molar refractivity (Wildman–Crippen MR) is 36.2 cm³/mol. The predicted octanol–water partition coefficient (Wildman–Crippen LogP) is 3.27. The first-order valence-electron chi connectivity index (χ1n) is 3.87. The maximum Gasteiger partial charge on any atom is 0.481 e. The molecule has 0 aromatic heterocycles. The first-order chi connectivity index (χ1) is 5.39. The van der Waals surface area contributed by atoms with Gasteiger partial charge in [0.15, 0.2) is 0 Å². The molecule has 0 saturated heterocycles. The lowest BCUT2D eigenvalue weighted by Crippen LogP contribution is -2.35. The van der Waals surface area contributed by atoms with Crippen molar-refractivity contribution >= 4 is 6.98 Å². The van der Waals surface area contributed by atoms with Gasteiger partial charge in [-0.2, -0.15) is 0 Å². The van der Waals surface area contributed by atoms with E-state index < -0.39 is 25.1 Å². The van der Waals surface area contributed by atoms with Crippen LogP contribution in [0.15, 0.2) is 0 Å². The average molecular weight is 187 g/mol. The highest BCUT2D eigenvalue weighted by molar-refractivity contribution is 6.60. The molecular weight excluding hydrogens is 178 g/mol. The molecule has 0 aromatic rings. The summed E-state index contributed by atoms with van der Waals surface area (Å²) in [6.45, 7) is -4.78. The Morgan fingerprint density at radius 1 is 1.17 bits per heavy atom. The van der Waals surface area contributed by atoms with Crippen LogP contribution in [0, 0.1) is 5.92 Å². The van der Waals surface area contributed by atoms with Gasteiger partial charge < -0.3 is 12.9 Å². The van der Waals surface area contributed by atoms with E-state index in [-0.39, 0.29) is 19.3 Å². The molecule has 12 heavy (non-hydrogen) atoms. The van der Waals surface area contributed by atoms with E-state index in [2.05, 4.69) is 0 Å². The Labute approximate surface area is 67.2 Å². The minimum Gasteiger partial charge on any atom is -0.449 e. The lowest BCUT2D eigenvalue weighted by molar-refractivity contribution is 0.0869. The topological polar surface area (TPSA) is 0 Å². The third kappa shape index (κ3) is 2.35. The quantitative estimate of drug-likeness (QED) is 0.469. The van der Waals surface area contributed by atoms with Crippen molar-refractivity contribution < 1.29 is 21.7 Å². The van der Waals surface area contributed by atoms with Crippen LogP contribution in [0.4, 0.5) is 21.7 Å². The first kappa shape index (κ1) is 9.80. The van der Waals surface area contributed by atoms with Crippen molar-refractivity contribution in [1.82, 2.24) is 0 Å². The summed E-state index contributed by atoms with van der Waals surface area (Å²) < 4.78 is 59.0. The molecule has 1 rings (SSSR count). The van der Waals surface area contributed by atoms with Crippen LogP contribution < -0.4 is 0 Å². The molecule has 0 spiro atoms. The Kier molecular flexibility index (Phi) is 2.63. The van der Waals surface area contributed by atoms with Crippen LogP contribution in [-0.4, -0.2) is 13.4 Å². The Balaban J connectivity index is 2.20. The van der Waals surface area contributed by atoms with E-state index in [9.17, 15) is 21.7 Å². The largest absolute Gasteiger partial charge is 0.481 e.